The number of ether oxygens (including phenoxy) is 3. The van der Waals surface area contributed by atoms with Crippen LogP contribution in [0.5, 0.6) is 0 Å². The van der Waals surface area contributed by atoms with Gasteiger partial charge < -0.3 is 19.3 Å². The molecule has 1 aliphatic carbocycles. The normalized spacial score (nSPS) is 19.6. The lowest BCUT2D eigenvalue weighted by molar-refractivity contribution is -0.256. The molecule has 358 valence electrons. The Bertz CT molecular complexity index is 2380. The number of benzene rings is 7. The van der Waals surface area contributed by atoms with Gasteiger partial charge in [-0.2, -0.15) is 0 Å². The van der Waals surface area contributed by atoms with Crippen LogP contribution in [0.4, 0.5) is 0 Å². The zero-order valence-corrected chi connectivity index (χ0v) is 39.7. The highest BCUT2D eigenvalue weighted by atomic mass is 31.2. The standard InChI is InChI=1S/C55H56O12P2/c56-50-51(59-36-43-22-8-1-9-23-43)54(66-68(57,62-39-46-28-14-4-15-29-46)63-40-47-30-16-5-17-31-47)53(61-38-45-26-12-3-13-27-45)55(52(50)60-37-44-24-10-2-11-25-44)67-69(58,64-41-48-32-18-6-19-33-48)65-42-49-34-20-7-21-35-49/h1-35,50-56H,36-42H2/t50?,51-,52-,53?,54-,55+/m0/s1. The van der Waals surface area contributed by atoms with Gasteiger partial charge in [0.2, 0.25) is 0 Å². The average molecular weight is 971 g/mol. The molecule has 1 N–H and O–H groups in total. The molecule has 6 atom stereocenters. The molecule has 0 saturated heterocycles. The second kappa shape index (κ2) is 25.5. The monoisotopic (exact) mass is 970 g/mol. The number of hydrogen-bond acceptors (Lipinski definition) is 12. The van der Waals surface area contributed by atoms with E-state index in [2.05, 4.69) is 0 Å². The molecule has 0 aromatic heterocycles. The van der Waals surface area contributed by atoms with Crippen molar-refractivity contribution in [3.63, 3.8) is 0 Å². The Morgan fingerprint density at radius 2 is 0.493 bits per heavy atom. The first-order valence-corrected chi connectivity index (χ1v) is 25.7. The van der Waals surface area contributed by atoms with Crippen molar-refractivity contribution < 1.29 is 55.6 Å². The molecular formula is C55H56O12P2. The van der Waals surface area contributed by atoms with Crippen LogP contribution >= 0.6 is 15.6 Å². The van der Waals surface area contributed by atoms with E-state index in [0.29, 0.717) is 22.3 Å². The topological polar surface area (TPSA) is 137 Å². The molecule has 7 aromatic carbocycles. The zero-order chi connectivity index (χ0) is 47.6. The smallest absolute Gasteiger partial charge is 0.387 e. The first-order chi connectivity index (χ1) is 33.8. The Morgan fingerprint density at radius 1 is 0.290 bits per heavy atom. The Balaban J connectivity index is 1.23. The summed E-state index contributed by atoms with van der Waals surface area (Å²) in [5.74, 6) is 0. The Kier molecular flexibility index (Phi) is 18.4. The van der Waals surface area contributed by atoms with Crippen LogP contribution in [0.25, 0.3) is 0 Å². The van der Waals surface area contributed by atoms with Crippen LogP contribution in [0.15, 0.2) is 212 Å². The molecule has 8 rings (SSSR count). The molecule has 0 spiro atoms. The fourth-order valence-corrected chi connectivity index (χ4v) is 10.4. The van der Waals surface area contributed by atoms with Crippen LogP contribution in [0.3, 0.4) is 0 Å². The number of aliphatic hydroxyl groups excluding tert-OH is 1. The summed E-state index contributed by atoms with van der Waals surface area (Å²) in [6, 6.07) is 64.9. The maximum atomic E-state index is 15.4. The number of phosphoric acid groups is 2. The minimum atomic E-state index is -4.68. The van der Waals surface area contributed by atoms with Gasteiger partial charge in [-0.3, -0.25) is 27.1 Å². The van der Waals surface area contributed by atoms with Crippen LogP contribution in [0.1, 0.15) is 38.9 Å². The van der Waals surface area contributed by atoms with Crippen molar-refractivity contribution in [2.75, 3.05) is 0 Å². The largest absolute Gasteiger partial charge is 0.475 e. The van der Waals surface area contributed by atoms with E-state index in [9.17, 15) is 5.11 Å². The van der Waals surface area contributed by atoms with Gasteiger partial charge in [-0.25, -0.2) is 9.13 Å². The molecule has 14 heteroatoms. The number of aliphatic hydroxyl groups is 1. The summed E-state index contributed by atoms with van der Waals surface area (Å²) in [6.45, 7) is -0.707. The SMILES string of the molecule is O=P(OCc1ccccc1)(OCc1ccccc1)O[C@@H]1C(OCc2ccccc2)[C@H](OP(=O)(OCc2ccccc2)OCc2ccccc2)[C@@H](OCc2ccccc2)C(O)[C@@H]1OCc1ccccc1. The van der Waals surface area contributed by atoms with Crippen LogP contribution in [-0.4, -0.2) is 41.7 Å². The lowest BCUT2D eigenvalue weighted by atomic mass is 9.84. The maximum absolute atomic E-state index is 15.4. The van der Waals surface area contributed by atoms with Crippen molar-refractivity contribution in [3.05, 3.63) is 251 Å². The molecule has 0 amide bonds. The van der Waals surface area contributed by atoms with Gasteiger partial charge in [0.15, 0.2) is 0 Å². The van der Waals surface area contributed by atoms with Crippen molar-refractivity contribution in [3.8, 4) is 0 Å². The first kappa shape index (κ1) is 50.0. The minimum absolute atomic E-state index is 0.0102. The van der Waals surface area contributed by atoms with Crippen molar-refractivity contribution in [2.45, 2.75) is 82.9 Å². The van der Waals surface area contributed by atoms with Crippen molar-refractivity contribution in [2.24, 2.45) is 0 Å². The molecular weight excluding hydrogens is 915 g/mol. The summed E-state index contributed by atoms with van der Waals surface area (Å²) in [5.41, 5.74) is 5.12. The summed E-state index contributed by atoms with van der Waals surface area (Å²) < 4.78 is 89.2. The second-order valence-electron chi connectivity index (χ2n) is 16.3. The first-order valence-electron chi connectivity index (χ1n) is 22.8. The fourth-order valence-electron chi connectivity index (χ4n) is 7.66. The van der Waals surface area contributed by atoms with Gasteiger partial charge in [-0.15, -0.1) is 0 Å². The third-order valence-corrected chi connectivity index (χ3v) is 14.0. The predicted octanol–water partition coefficient (Wildman–Crippen LogP) is 12.0. The molecule has 7 aromatic rings. The quantitative estimate of drug-likeness (QED) is 0.0546. The molecule has 0 heterocycles. The van der Waals surface area contributed by atoms with Gasteiger partial charge >= 0.3 is 15.6 Å². The van der Waals surface area contributed by atoms with Gasteiger partial charge in [-0.1, -0.05) is 212 Å². The summed E-state index contributed by atoms with van der Waals surface area (Å²) in [6.07, 6.45) is -8.73. The third-order valence-electron chi connectivity index (χ3n) is 11.3. The minimum Gasteiger partial charge on any atom is -0.387 e. The number of phosphoric ester groups is 2. The lowest BCUT2D eigenvalue weighted by Crippen LogP contribution is -2.66. The number of rotatable bonds is 25. The average Bonchev–Trinajstić information content (AvgIpc) is 3.40. The van der Waals surface area contributed by atoms with Gasteiger partial charge in [0.25, 0.3) is 0 Å². The maximum Gasteiger partial charge on any atom is 0.475 e. The molecule has 0 radical (unpaired) electrons. The molecule has 1 aliphatic rings. The van der Waals surface area contributed by atoms with Crippen LogP contribution in [0, 0.1) is 0 Å². The lowest BCUT2D eigenvalue weighted by Gasteiger charge is -2.48. The van der Waals surface area contributed by atoms with Gasteiger partial charge in [0, 0.05) is 0 Å². The number of hydrogen-bond donors (Lipinski definition) is 1. The van der Waals surface area contributed by atoms with Crippen molar-refractivity contribution in [1.82, 2.24) is 0 Å². The summed E-state index contributed by atoms with van der Waals surface area (Å²) in [7, 11) is -9.35. The van der Waals surface area contributed by atoms with E-state index in [1.807, 2.05) is 212 Å². The van der Waals surface area contributed by atoms with E-state index < -0.39 is 52.3 Å². The summed E-state index contributed by atoms with van der Waals surface area (Å²) in [4.78, 5) is 0. The Hall–Kier alpha value is -5.40. The van der Waals surface area contributed by atoms with E-state index >= 15 is 9.13 Å². The molecule has 1 fully saturated rings. The van der Waals surface area contributed by atoms with Crippen molar-refractivity contribution in [1.29, 1.82) is 0 Å². The van der Waals surface area contributed by atoms with Gasteiger partial charge in [0.05, 0.1) is 46.2 Å². The van der Waals surface area contributed by atoms with Crippen LogP contribution in [-0.2, 0) is 96.7 Å². The Labute approximate surface area is 403 Å². The highest BCUT2D eigenvalue weighted by molar-refractivity contribution is 7.48. The van der Waals surface area contributed by atoms with E-state index in [1.54, 1.807) is 0 Å². The van der Waals surface area contributed by atoms with E-state index in [1.165, 1.54) is 0 Å². The Morgan fingerprint density at radius 3 is 0.725 bits per heavy atom. The molecule has 0 aliphatic heterocycles. The predicted molar refractivity (Wildman–Crippen MR) is 261 cm³/mol. The molecule has 1 saturated carbocycles. The molecule has 12 nitrogen and oxygen atoms in total. The zero-order valence-electron chi connectivity index (χ0n) is 38.0. The van der Waals surface area contributed by atoms with Crippen LogP contribution in [0.2, 0.25) is 0 Å². The highest BCUT2D eigenvalue weighted by Crippen LogP contribution is 2.57. The second-order valence-corrected chi connectivity index (χ2v) is 19.6. The van der Waals surface area contributed by atoms with Crippen molar-refractivity contribution >= 4 is 15.6 Å². The van der Waals surface area contributed by atoms with E-state index in [-0.39, 0.29) is 46.2 Å². The van der Waals surface area contributed by atoms with E-state index in [0.717, 1.165) is 16.7 Å². The van der Waals surface area contributed by atoms with Crippen LogP contribution < -0.4 is 0 Å². The van der Waals surface area contributed by atoms with E-state index in [4.69, 9.17) is 41.4 Å². The van der Waals surface area contributed by atoms with Gasteiger partial charge in [0.1, 0.15) is 36.6 Å². The summed E-state index contributed by atoms with van der Waals surface area (Å²) >= 11 is 0. The fraction of sp³-hybridized carbons (Fsp3) is 0.236. The molecule has 2 unspecified atom stereocenters. The molecule has 0 bridgehead atoms. The molecule has 69 heavy (non-hydrogen) atoms. The third kappa shape index (κ3) is 15.0. The highest BCUT2D eigenvalue weighted by Gasteiger charge is 2.58. The van der Waals surface area contributed by atoms with Gasteiger partial charge in [-0.05, 0) is 38.9 Å². The summed E-state index contributed by atoms with van der Waals surface area (Å²) in [5, 5.41) is 12.8.